The maximum Gasteiger partial charge on any atom is 0.407 e. The molecule has 0 aliphatic rings. The zero-order valence-electron chi connectivity index (χ0n) is 10.3. The van der Waals surface area contributed by atoms with Crippen LogP contribution in [0.4, 0.5) is 9.18 Å². The summed E-state index contributed by atoms with van der Waals surface area (Å²) in [5.74, 6) is -0.367. The molecule has 0 aromatic carbocycles. The predicted molar refractivity (Wildman–Crippen MR) is 62.1 cm³/mol. The summed E-state index contributed by atoms with van der Waals surface area (Å²) in [7, 11) is 0. The van der Waals surface area contributed by atoms with Crippen LogP contribution in [0.15, 0.2) is 18.3 Å². The van der Waals surface area contributed by atoms with Crippen LogP contribution in [0.3, 0.4) is 0 Å². The first-order valence-corrected chi connectivity index (χ1v) is 5.44. The molecule has 0 aliphatic heterocycles. The van der Waals surface area contributed by atoms with Gasteiger partial charge < -0.3 is 10.1 Å². The van der Waals surface area contributed by atoms with Crippen molar-refractivity contribution in [3.63, 3.8) is 0 Å². The van der Waals surface area contributed by atoms with E-state index in [0.717, 1.165) is 11.9 Å². The number of nitrogens with zero attached hydrogens (tertiary/aromatic N) is 1. The number of rotatable bonds is 3. The van der Waals surface area contributed by atoms with Crippen molar-refractivity contribution < 1.29 is 13.9 Å². The Morgan fingerprint density at radius 2 is 2.18 bits per heavy atom. The van der Waals surface area contributed by atoms with E-state index in [-0.39, 0.29) is 5.82 Å². The number of alkyl carbamates (subject to hydrolysis) is 1. The molecule has 1 heterocycles. The Balaban J connectivity index is 2.28. The minimum atomic E-state index is -0.502. The normalized spacial score (nSPS) is 11.1. The number of pyridine rings is 1. The number of halogens is 1. The molecule has 17 heavy (non-hydrogen) atoms. The van der Waals surface area contributed by atoms with Crippen molar-refractivity contribution in [3.8, 4) is 0 Å². The lowest BCUT2D eigenvalue weighted by atomic mass is 10.2. The number of amides is 1. The van der Waals surface area contributed by atoms with Crippen molar-refractivity contribution in [1.29, 1.82) is 0 Å². The van der Waals surface area contributed by atoms with Crippen molar-refractivity contribution in [2.75, 3.05) is 6.54 Å². The van der Waals surface area contributed by atoms with E-state index in [1.165, 1.54) is 6.07 Å². The molecule has 0 aliphatic carbocycles. The summed E-state index contributed by atoms with van der Waals surface area (Å²) in [4.78, 5) is 15.2. The number of carbonyl (C=O) groups excluding carboxylic acids is 1. The van der Waals surface area contributed by atoms with E-state index in [4.69, 9.17) is 4.74 Å². The summed E-state index contributed by atoms with van der Waals surface area (Å²) < 4.78 is 17.6. The Morgan fingerprint density at radius 3 is 2.71 bits per heavy atom. The van der Waals surface area contributed by atoms with E-state index in [1.807, 2.05) is 0 Å². The summed E-state index contributed by atoms with van der Waals surface area (Å²) in [5, 5.41) is 2.61. The lowest BCUT2D eigenvalue weighted by Gasteiger charge is -2.19. The van der Waals surface area contributed by atoms with Gasteiger partial charge in [0.05, 0.1) is 6.20 Å². The van der Waals surface area contributed by atoms with Crippen LogP contribution < -0.4 is 5.32 Å². The summed E-state index contributed by atoms with van der Waals surface area (Å²) >= 11 is 0. The van der Waals surface area contributed by atoms with Crippen LogP contribution in [0, 0.1) is 5.82 Å². The summed E-state index contributed by atoms with van der Waals surface area (Å²) in [6.45, 7) is 5.81. The van der Waals surface area contributed by atoms with Gasteiger partial charge in [-0.05, 0) is 32.9 Å². The Morgan fingerprint density at radius 1 is 1.47 bits per heavy atom. The highest BCUT2D eigenvalue weighted by atomic mass is 19.1. The first-order chi connectivity index (χ1) is 7.87. The fourth-order valence-corrected chi connectivity index (χ4v) is 1.16. The van der Waals surface area contributed by atoms with Gasteiger partial charge in [0, 0.05) is 18.7 Å². The van der Waals surface area contributed by atoms with Crippen LogP contribution in [-0.2, 0) is 11.2 Å². The Kier molecular flexibility index (Phi) is 4.43. The lowest BCUT2D eigenvalue weighted by molar-refractivity contribution is 0.0528. The third-order valence-electron chi connectivity index (χ3n) is 1.84. The molecular formula is C12H17FN2O2. The molecule has 4 nitrogen and oxygen atoms in total. The fourth-order valence-electron chi connectivity index (χ4n) is 1.16. The molecule has 1 rings (SSSR count). The Bertz CT molecular complexity index is 371. The quantitative estimate of drug-likeness (QED) is 0.881. The maximum atomic E-state index is 12.6. The summed E-state index contributed by atoms with van der Waals surface area (Å²) in [6, 6.07) is 2.93. The standard InChI is InChI=1S/C12H17FN2O2/c1-12(2,3)17-11(16)14-7-6-10-5-4-9(13)8-15-10/h4-5,8H,6-7H2,1-3H3,(H,14,16). The monoisotopic (exact) mass is 240 g/mol. The molecule has 1 aromatic rings. The van der Waals surface area contributed by atoms with Crippen LogP contribution in [0.5, 0.6) is 0 Å². The molecule has 0 saturated heterocycles. The summed E-state index contributed by atoms with van der Waals surface area (Å²) in [6.07, 6.45) is 1.24. The minimum absolute atomic E-state index is 0.367. The van der Waals surface area contributed by atoms with Crippen molar-refractivity contribution in [2.45, 2.75) is 32.8 Å². The zero-order chi connectivity index (χ0) is 12.9. The van der Waals surface area contributed by atoms with Crippen molar-refractivity contribution in [2.24, 2.45) is 0 Å². The molecule has 0 unspecified atom stereocenters. The Hall–Kier alpha value is -1.65. The van der Waals surface area contributed by atoms with Crippen LogP contribution in [0.1, 0.15) is 26.5 Å². The highest BCUT2D eigenvalue weighted by Gasteiger charge is 2.15. The van der Waals surface area contributed by atoms with Gasteiger partial charge >= 0.3 is 6.09 Å². The second kappa shape index (κ2) is 5.61. The maximum absolute atomic E-state index is 12.6. The third-order valence-corrected chi connectivity index (χ3v) is 1.84. The van der Waals surface area contributed by atoms with Crippen molar-refractivity contribution in [1.82, 2.24) is 10.3 Å². The van der Waals surface area contributed by atoms with E-state index in [0.29, 0.717) is 13.0 Å². The third kappa shape index (κ3) is 5.85. The molecule has 5 heteroatoms. The molecule has 0 spiro atoms. The first kappa shape index (κ1) is 13.4. The van der Waals surface area contributed by atoms with Crippen LogP contribution in [0.25, 0.3) is 0 Å². The highest BCUT2D eigenvalue weighted by molar-refractivity contribution is 5.67. The number of carbonyl (C=O) groups is 1. The lowest BCUT2D eigenvalue weighted by Crippen LogP contribution is -2.33. The van der Waals surface area contributed by atoms with Gasteiger partial charge in [-0.1, -0.05) is 0 Å². The first-order valence-electron chi connectivity index (χ1n) is 5.44. The average molecular weight is 240 g/mol. The number of hydrogen-bond donors (Lipinski definition) is 1. The van der Waals surface area contributed by atoms with Gasteiger partial charge in [-0.2, -0.15) is 0 Å². The van der Waals surface area contributed by atoms with Gasteiger partial charge in [-0.25, -0.2) is 9.18 Å². The van der Waals surface area contributed by atoms with E-state index >= 15 is 0 Å². The number of nitrogens with one attached hydrogen (secondary N) is 1. The van der Waals surface area contributed by atoms with Gasteiger partial charge in [0.25, 0.3) is 0 Å². The summed E-state index contributed by atoms with van der Waals surface area (Å²) in [5.41, 5.74) is 0.223. The number of ether oxygens (including phenoxy) is 1. The molecule has 1 N–H and O–H groups in total. The van der Waals surface area contributed by atoms with Gasteiger partial charge in [0.1, 0.15) is 11.4 Å². The smallest absolute Gasteiger partial charge is 0.407 e. The van der Waals surface area contributed by atoms with Gasteiger partial charge in [-0.15, -0.1) is 0 Å². The van der Waals surface area contributed by atoms with E-state index in [2.05, 4.69) is 10.3 Å². The molecule has 0 radical (unpaired) electrons. The van der Waals surface area contributed by atoms with Gasteiger partial charge in [0.2, 0.25) is 0 Å². The second-order valence-electron chi connectivity index (χ2n) is 4.65. The van der Waals surface area contributed by atoms with Gasteiger partial charge in [-0.3, -0.25) is 4.98 Å². The molecule has 0 atom stereocenters. The largest absolute Gasteiger partial charge is 0.444 e. The molecule has 0 saturated carbocycles. The van der Waals surface area contributed by atoms with Crippen molar-refractivity contribution in [3.05, 3.63) is 29.8 Å². The molecule has 94 valence electrons. The SMILES string of the molecule is CC(C)(C)OC(=O)NCCc1ccc(F)cn1. The van der Waals surface area contributed by atoms with E-state index in [1.54, 1.807) is 26.8 Å². The number of hydrogen-bond acceptors (Lipinski definition) is 3. The van der Waals surface area contributed by atoms with Crippen LogP contribution >= 0.6 is 0 Å². The fraction of sp³-hybridized carbons (Fsp3) is 0.500. The van der Waals surface area contributed by atoms with E-state index in [9.17, 15) is 9.18 Å². The topological polar surface area (TPSA) is 51.2 Å². The predicted octanol–water partition coefficient (Wildman–Crippen LogP) is 2.29. The molecule has 1 amide bonds. The van der Waals surface area contributed by atoms with Crippen LogP contribution in [-0.4, -0.2) is 23.2 Å². The van der Waals surface area contributed by atoms with Crippen LogP contribution in [0.2, 0.25) is 0 Å². The molecule has 1 aromatic heterocycles. The van der Waals surface area contributed by atoms with Gasteiger partial charge in [0.15, 0.2) is 0 Å². The Labute approximate surface area is 100 Å². The molecular weight excluding hydrogens is 223 g/mol. The van der Waals surface area contributed by atoms with Crippen molar-refractivity contribution >= 4 is 6.09 Å². The highest BCUT2D eigenvalue weighted by Crippen LogP contribution is 2.06. The average Bonchev–Trinajstić information content (AvgIpc) is 2.18. The second-order valence-corrected chi connectivity index (χ2v) is 4.65. The van der Waals surface area contributed by atoms with E-state index < -0.39 is 11.7 Å². The zero-order valence-corrected chi connectivity index (χ0v) is 10.3. The number of aromatic nitrogens is 1. The molecule has 0 fully saturated rings. The minimum Gasteiger partial charge on any atom is -0.444 e. The molecule has 0 bridgehead atoms.